The molecule has 0 saturated carbocycles. The Morgan fingerprint density at radius 3 is 3.00 bits per heavy atom. The number of rotatable bonds is 4. The summed E-state index contributed by atoms with van der Waals surface area (Å²) in [6, 6.07) is 1.85. The Morgan fingerprint density at radius 1 is 1.85 bits per heavy atom. The van der Waals surface area contributed by atoms with Crippen LogP contribution in [0.5, 0.6) is 0 Å². The van der Waals surface area contributed by atoms with Gasteiger partial charge in [0.2, 0.25) is 0 Å². The van der Waals surface area contributed by atoms with E-state index in [0.717, 1.165) is 10.3 Å². The van der Waals surface area contributed by atoms with Crippen molar-refractivity contribution in [1.29, 1.82) is 0 Å². The molecule has 6 heteroatoms. The van der Waals surface area contributed by atoms with Gasteiger partial charge in [0.05, 0.1) is 5.69 Å². The minimum absolute atomic E-state index is 0.207. The van der Waals surface area contributed by atoms with E-state index in [-0.39, 0.29) is 6.54 Å². The van der Waals surface area contributed by atoms with Gasteiger partial charge in [0.1, 0.15) is 4.60 Å². The number of halogens is 3. The van der Waals surface area contributed by atoms with Crippen molar-refractivity contribution >= 4 is 27.5 Å². The van der Waals surface area contributed by atoms with E-state index in [1.54, 1.807) is 11.9 Å². The standard InChI is InChI=1S/C7H10BrClFN3/c1-13(4-7(9)10)3-5-2-6(8)12-11-5/h2,7H,3-4H2,1H3,(H,11,12). The Hall–Kier alpha value is -0.130. The van der Waals surface area contributed by atoms with Crippen molar-refractivity contribution in [1.82, 2.24) is 15.1 Å². The maximum atomic E-state index is 12.3. The molecule has 0 amide bonds. The molecule has 3 nitrogen and oxygen atoms in total. The third kappa shape index (κ3) is 4.06. The van der Waals surface area contributed by atoms with Crippen molar-refractivity contribution < 1.29 is 4.39 Å². The predicted octanol–water partition coefficient (Wildman–Crippen LogP) is 2.14. The van der Waals surface area contributed by atoms with E-state index in [0.29, 0.717) is 6.54 Å². The van der Waals surface area contributed by atoms with Gasteiger partial charge in [-0.1, -0.05) is 11.6 Å². The Balaban J connectivity index is 2.40. The van der Waals surface area contributed by atoms with E-state index in [1.807, 2.05) is 6.07 Å². The normalized spacial score (nSPS) is 13.6. The molecule has 1 heterocycles. The summed E-state index contributed by atoms with van der Waals surface area (Å²) >= 11 is 8.41. The minimum Gasteiger partial charge on any atom is -0.296 e. The summed E-state index contributed by atoms with van der Waals surface area (Å²) < 4.78 is 13.1. The van der Waals surface area contributed by atoms with Crippen LogP contribution in [0.15, 0.2) is 10.7 Å². The third-order valence-corrected chi connectivity index (χ3v) is 2.03. The zero-order valence-electron chi connectivity index (χ0n) is 7.10. The molecule has 1 N–H and O–H groups in total. The van der Waals surface area contributed by atoms with Crippen LogP contribution in [0, 0.1) is 0 Å². The van der Waals surface area contributed by atoms with E-state index in [9.17, 15) is 4.39 Å². The molecule has 0 bridgehead atoms. The average molecular weight is 271 g/mol. The predicted molar refractivity (Wildman–Crippen MR) is 53.4 cm³/mol. The fraction of sp³-hybridized carbons (Fsp3) is 0.571. The first-order chi connectivity index (χ1) is 6.08. The minimum atomic E-state index is -1.32. The average Bonchev–Trinajstić information content (AvgIpc) is 2.33. The molecule has 1 rings (SSSR count). The lowest BCUT2D eigenvalue weighted by Crippen LogP contribution is -2.23. The van der Waals surface area contributed by atoms with Crippen LogP contribution in [-0.4, -0.2) is 34.3 Å². The van der Waals surface area contributed by atoms with Gasteiger partial charge in [-0.3, -0.25) is 10.00 Å². The van der Waals surface area contributed by atoms with Crippen LogP contribution in [-0.2, 0) is 6.54 Å². The van der Waals surface area contributed by atoms with Crippen molar-refractivity contribution in [2.24, 2.45) is 0 Å². The van der Waals surface area contributed by atoms with Crippen molar-refractivity contribution in [3.63, 3.8) is 0 Å². The molecule has 0 saturated heterocycles. The lowest BCUT2D eigenvalue weighted by molar-refractivity contribution is 0.264. The number of hydrogen-bond donors (Lipinski definition) is 1. The van der Waals surface area contributed by atoms with Crippen LogP contribution in [0.2, 0.25) is 0 Å². The highest BCUT2D eigenvalue weighted by Crippen LogP contribution is 2.09. The van der Waals surface area contributed by atoms with Gasteiger partial charge in [-0.05, 0) is 29.0 Å². The number of nitrogens with one attached hydrogen (secondary N) is 1. The molecule has 1 atom stereocenters. The number of aromatic nitrogens is 2. The van der Waals surface area contributed by atoms with Crippen molar-refractivity contribution in [3.8, 4) is 0 Å². The Labute approximate surface area is 89.4 Å². The molecule has 0 aliphatic rings. The fourth-order valence-corrected chi connectivity index (χ4v) is 1.61. The molecular weight excluding hydrogens is 260 g/mol. The summed E-state index contributed by atoms with van der Waals surface area (Å²) in [5, 5.41) is 6.69. The quantitative estimate of drug-likeness (QED) is 0.850. The molecule has 0 aliphatic carbocycles. The SMILES string of the molecule is CN(Cc1cc(Br)n[nH]1)CC(F)Cl. The van der Waals surface area contributed by atoms with Gasteiger partial charge in [0, 0.05) is 13.1 Å². The first-order valence-corrected chi connectivity index (χ1v) is 4.97. The van der Waals surface area contributed by atoms with E-state index < -0.39 is 5.63 Å². The molecule has 1 aromatic heterocycles. The number of nitrogens with zero attached hydrogens (tertiary/aromatic N) is 2. The number of H-pyrrole nitrogens is 1. The van der Waals surface area contributed by atoms with Gasteiger partial charge in [-0.15, -0.1) is 0 Å². The van der Waals surface area contributed by atoms with Gasteiger partial charge < -0.3 is 0 Å². The molecule has 0 fully saturated rings. The fourth-order valence-electron chi connectivity index (χ4n) is 1.01. The second-order valence-corrected chi connectivity index (χ2v) is 4.09. The molecule has 0 radical (unpaired) electrons. The van der Waals surface area contributed by atoms with E-state index >= 15 is 0 Å². The third-order valence-electron chi connectivity index (χ3n) is 1.49. The second-order valence-electron chi connectivity index (χ2n) is 2.80. The summed E-state index contributed by atoms with van der Waals surface area (Å²) in [5.74, 6) is 0. The molecule has 13 heavy (non-hydrogen) atoms. The molecule has 0 aliphatic heterocycles. The van der Waals surface area contributed by atoms with Gasteiger partial charge in [0.15, 0.2) is 5.63 Å². The molecule has 74 valence electrons. The Bertz CT molecular complexity index is 266. The Morgan fingerprint density at radius 2 is 2.54 bits per heavy atom. The summed E-state index contributed by atoms with van der Waals surface area (Å²) in [4.78, 5) is 1.78. The Kier molecular flexibility index (Phi) is 4.15. The highest BCUT2D eigenvalue weighted by Gasteiger charge is 2.07. The van der Waals surface area contributed by atoms with Gasteiger partial charge in [-0.25, -0.2) is 4.39 Å². The summed E-state index contributed by atoms with van der Waals surface area (Å²) in [6.07, 6.45) is 0. The molecule has 1 unspecified atom stereocenters. The van der Waals surface area contributed by atoms with Crippen molar-refractivity contribution in [3.05, 3.63) is 16.4 Å². The molecular formula is C7H10BrClFN3. The van der Waals surface area contributed by atoms with Crippen LogP contribution in [0.3, 0.4) is 0 Å². The van der Waals surface area contributed by atoms with Gasteiger partial charge >= 0.3 is 0 Å². The summed E-state index contributed by atoms with van der Waals surface area (Å²) in [5.41, 5.74) is -0.400. The smallest absolute Gasteiger partial charge is 0.186 e. The summed E-state index contributed by atoms with van der Waals surface area (Å²) in [6.45, 7) is 0.809. The molecule has 1 aromatic rings. The number of alkyl halides is 2. The lowest BCUT2D eigenvalue weighted by Gasteiger charge is -2.14. The highest BCUT2D eigenvalue weighted by atomic mass is 79.9. The van der Waals surface area contributed by atoms with E-state index in [2.05, 4.69) is 26.1 Å². The second kappa shape index (κ2) is 4.93. The summed E-state index contributed by atoms with van der Waals surface area (Å²) in [7, 11) is 1.80. The first-order valence-electron chi connectivity index (χ1n) is 3.74. The first kappa shape index (κ1) is 10.9. The number of aromatic amines is 1. The van der Waals surface area contributed by atoms with Crippen LogP contribution in [0.1, 0.15) is 5.69 Å². The monoisotopic (exact) mass is 269 g/mol. The maximum absolute atomic E-state index is 12.3. The van der Waals surface area contributed by atoms with Gasteiger partial charge in [-0.2, -0.15) is 5.10 Å². The highest BCUT2D eigenvalue weighted by molar-refractivity contribution is 9.10. The van der Waals surface area contributed by atoms with Crippen LogP contribution < -0.4 is 0 Å². The zero-order valence-corrected chi connectivity index (χ0v) is 9.44. The largest absolute Gasteiger partial charge is 0.296 e. The number of hydrogen-bond acceptors (Lipinski definition) is 2. The van der Waals surface area contributed by atoms with Gasteiger partial charge in [0.25, 0.3) is 0 Å². The van der Waals surface area contributed by atoms with Crippen LogP contribution in [0.4, 0.5) is 4.39 Å². The van der Waals surface area contributed by atoms with Crippen LogP contribution in [0.25, 0.3) is 0 Å². The molecule has 0 spiro atoms. The lowest BCUT2D eigenvalue weighted by atomic mass is 10.4. The maximum Gasteiger partial charge on any atom is 0.186 e. The van der Waals surface area contributed by atoms with Crippen LogP contribution >= 0.6 is 27.5 Å². The topological polar surface area (TPSA) is 31.9 Å². The van der Waals surface area contributed by atoms with E-state index in [4.69, 9.17) is 11.6 Å². The zero-order chi connectivity index (χ0) is 9.84. The van der Waals surface area contributed by atoms with Crippen molar-refractivity contribution in [2.45, 2.75) is 12.2 Å². The van der Waals surface area contributed by atoms with E-state index in [1.165, 1.54) is 0 Å². The van der Waals surface area contributed by atoms with Crippen molar-refractivity contribution in [2.75, 3.05) is 13.6 Å². The molecule has 0 aromatic carbocycles.